The molecule has 0 radical (unpaired) electrons. The summed E-state index contributed by atoms with van der Waals surface area (Å²) in [5.41, 5.74) is -0.0196. The molecule has 16 heavy (non-hydrogen) atoms. The maximum Gasteiger partial charge on any atom is 0.429 e. The fourth-order valence-corrected chi connectivity index (χ4v) is 1.07. The zero-order chi connectivity index (χ0) is 12.3. The summed E-state index contributed by atoms with van der Waals surface area (Å²) in [5, 5.41) is 8.72. The van der Waals surface area contributed by atoms with Crippen LogP contribution in [0.5, 0.6) is 0 Å². The summed E-state index contributed by atoms with van der Waals surface area (Å²) in [4.78, 5) is 3.43. The average Bonchev–Trinajstić information content (AvgIpc) is 2.16. The lowest BCUT2D eigenvalue weighted by atomic mass is 10.1. The van der Waals surface area contributed by atoms with Gasteiger partial charge >= 0.3 is 6.18 Å². The van der Waals surface area contributed by atoms with Crippen molar-refractivity contribution in [2.45, 2.75) is 20.0 Å². The molecule has 0 saturated carbocycles. The Hall–Kier alpha value is -1.83. The van der Waals surface area contributed by atoms with Gasteiger partial charge in [-0.25, -0.2) is 4.99 Å². The summed E-state index contributed by atoms with van der Waals surface area (Å²) >= 11 is 0. The number of halogens is 3. The zero-order valence-corrected chi connectivity index (χ0v) is 8.76. The van der Waals surface area contributed by atoms with E-state index in [9.17, 15) is 13.2 Å². The van der Waals surface area contributed by atoms with Crippen LogP contribution in [0.15, 0.2) is 23.2 Å². The van der Waals surface area contributed by atoms with Crippen molar-refractivity contribution < 1.29 is 13.2 Å². The minimum absolute atomic E-state index is 0.0531. The largest absolute Gasteiger partial charge is 0.429 e. The van der Waals surface area contributed by atoms with Crippen LogP contribution in [0.4, 0.5) is 18.9 Å². The van der Waals surface area contributed by atoms with E-state index in [1.165, 1.54) is 12.1 Å². The fraction of sp³-hybridized carbons (Fsp3) is 0.273. The predicted molar refractivity (Wildman–Crippen MR) is 54.7 cm³/mol. The minimum Gasteiger partial charge on any atom is -0.247 e. The van der Waals surface area contributed by atoms with E-state index in [1.807, 2.05) is 0 Å². The third kappa shape index (κ3) is 2.83. The number of aryl methyl sites for hydroxylation is 1. The van der Waals surface area contributed by atoms with Crippen LogP contribution < -0.4 is 0 Å². The summed E-state index contributed by atoms with van der Waals surface area (Å²) in [6, 6.07) is 6.37. The Labute approximate surface area is 91.0 Å². The molecule has 0 aliphatic heterocycles. The van der Waals surface area contributed by atoms with Gasteiger partial charge in [0, 0.05) is 0 Å². The fourth-order valence-electron chi connectivity index (χ4n) is 1.07. The van der Waals surface area contributed by atoms with Gasteiger partial charge in [0.1, 0.15) is 11.8 Å². The van der Waals surface area contributed by atoms with E-state index < -0.39 is 11.9 Å². The number of hydrogen-bond donors (Lipinski definition) is 0. The quantitative estimate of drug-likeness (QED) is 0.675. The van der Waals surface area contributed by atoms with E-state index in [1.54, 1.807) is 19.1 Å². The van der Waals surface area contributed by atoms with E-state index >= 15 is 0 Å². The number of hydrogen-bond acceptors (Lipinski definition) is 2. The Morgan fingerprint density at radius 1 is 1.38 bits per heavy atom. The number of nitrogens with zero attached hydrogens (tertiary/aromatic N) is 2. The highest BCUT2D eigenvalue weighted by Crippen LogP contribution is 2.24. The number of nitriles is 1. The van der Waals surface area contributed by atoms with Gasteiger partial charge in [0.05, 0.1) is 11.3 Å². The maximum absolute atomic E-state index is 12.3. The molecule has 0 aliphatic rings. The summed E-state index contributed by atoms with van der Waals surface area (Å²) in [7, 11) is 0. The van der Waals surface area contributed by atoms with E-state index in [4.69, 9.17) is 5.26 Å². The molecule has 1 rings (SSSR count). The van der Waals surface area contributed by atoms with Crippen molar-refractivity contribution in [1.29, 1.82) is 5.26 Å². The van der Waals surface area contributed by atoms with Crippen LogP contribution >= 0.6 is 0 Å². The molecule has 0 unspecified atom stereocenters. The molecule has 5 heteroatoms. The van der Waals surface area contributed by atoms with Crippen LogP contribution in [-0.4, -0.2) is 11.9 Å². The van der Waals surface area contributed by atoms with Crippen molar-refractivity contribution in [3.05, 3.63) is 29.3 Å². The lowest BCUT2D eigenvalue weighted by molar-refractivity contribution is -0.0591. The minimum atomic E-state index is -4.46. The molecular formula is C11H9F3N2. The lowest BCUT2D eigenvalue weighted by Gasteiger charge is -2.06. The number of rotatable bonds is 1. The van der Waals surface area contributed by atoms with Gasteiger partial charge in [-0.3, -0.25) is 0 Å². The second kappa shape index (κ2) is 4.35. The Morgan fingerprint density at radius 2 is 2.00 bits per heavy atom. The van der Waals surface area contributed by atoms with E-state index in [2.05, 4.69) is 4.99 Å². The third-order valence-corrected chi connectivity index (χ3v) is 1.97. The highest BCUT2D eigenvalue weighted by Gasteiger charge is 2.32. The zero-order valence-electron chi connectivity index (χ0n) is 8.76. The van der Waals surface area contributed by atoms with Gasteiger partial charge < -0.3 is 0 Å². The Balaban J connectivity index is 3.25. The molecule has 0 aliphatic carbocycles. The van der Waals surface area contributed by atoms with Crippen LogP contribution in [0.3, 0.4) is 0 Å². The predicted octanol–water partition coefficient (Wildman–Crippen LogP) is 3.52. The molecule has 0 saturated heterocycles. The Kier molecular flexibility index (Phi) is 3.33. The van der Waals surface area contributed by atoms with Gasteiger partial charge in [0.2, 0.25) is 0 Å². The van der Waals surface area contributed by atoms with Crippen LogP contribution in [0.25, 0.3) is 0 Å². The topological polar surface area (TPSA) is 36.1 Å². The van der Waals surface area contributed by atoms with Gasteiger partial charge in [-0.1, -0.05) is 6.07 Å². The van der Waals surface area contributed by atoms with Crippen LogP contribution in [0.2, 0.25) is 0 Å². The summed E-state index contributed by atoms with van der Waals surface area (Å²) in [5.74, 6) is 0. The van der Waals surface area contributed by atoms with Crippen LogP contribution in [-0.2, 0) is 0 Å². The van der Waals surface area contributed by atoms with E-state index in [-0.39, 0.29) is 11.3 Å². The first-order valence-electron chi connectivity index (χ1n) is 4.48. The first kappa shape index (κ1) is 12.2. The standard InChI is InChI=1S/C11H9F3N2/c1-7-3-4-9(6-15)10(5-7)16-8(2)11(12,13)14/h3-5H,1-2H3. The molecule has 0 bridgehead atoms. The molecule has 84 valence electrons. The molecule has 0 atom stereocenters. The van der Waals surface area contributed by atoms with E-state index in [0.717, 1.165) is 12.5 Å². The normalized spacial score (nSPS) is 12.4. The second-order valence-electron chi connectivity index (χ2n) is 3.33. The summed E-state index contributed by atoms with van der Waals surface area (Å²) in [6.07, 6.45) is -4.46. The number of alkyl halides is 3. The molecule has 1 aromatic rings. The average molecular weight is 226 g/mol. The smallest absolute Gasteiger partial charge is 0.247 e. The summed E-state index contributed by atoms with van der Waals surface area (Å²) in [6.45, 7) is 2.60. The lowest BCUT2D eigenvalue weighted by Crippen LogP contribution is -2.19. The third-order valence-electron chi connectivity index (χ3n) is 1.97. The number of aliphatic imine (C=N–C) groups is 1. The van der Waals surface area contributed by atoms with Gasteiger partial charge in [-0.2, -0.15) is 18.4 Å². The van der Waals surface area contributed by atoms with Gasteiger partial charge in [-0.15, -0.1) is 0 Å². The molecule has 0 amide bonds. The SMILES string of the molecule is CC(=Nc1cc(C)ccc1C#N)C(F)(F)F. The first-order chi connectivity index (χ1) is 7.34. The molecule has 0 fully saturated rings. The highest BCUT2D eigenvalue weighted by atomic mass is 19.4. The molecule has 0 N–H and O–H groups in total. The molecule has 0 aromatic heterocycles. The second-order valence-corrected chi connectivity index (χ2v) is 3.33. The monoisotopic (exact) mass is 226 g/mol. The van der Waals surface area contributed by atoms with Gasteiger partial charge in [0.15, 0.2) is 0 Å². The highest BCUT2D eigenvalue weighted by molar-refractivity contribution is 5.90. The first-order valence-corrected chi connectivity index (χ1v) is 4.48. The molecule has 0 spiro atoms. The van der Waals surface area contributed by atoms with Crippen molar-refractivity contribution >= 4 is 11.4 Å². The Bertz CT molecular complexity index is 467. The van der Waals surface area contributed by atoms with Gasteiger partial charge in [-0.05, 0) is 31.5 Å². The van der Waals surface area contributed by atoms with E-state index in [0.29, 0.717) is 0 Å². The summed E-state index contributed by atoms with van der Waals surface area (Å²) < 4.78 is 36.8. The van der Waals surface area contributed by atoms with Crippen molar-refractivity contribution in [2.24, 2.45) is 4.99 Å². The molecule has 0 heterocycles. The number of benzene rings is 1. The molecule has 2 nitrogen and oxygen atoms in total. The van der Waals surface area contributed by atoms with Crippen molar-refractivity contribution in [2.75, 3.05) is 0 Å². The van der Waals surface area contributed by atoms with Crippen LogP contribution in [0, 0.1) is 18.3 Å². The van der Waals surface area contributed by atoms with Crippen molar-refractivity contribution in [1.82, 2.24) is 0 Å². The van der Waals surface area contributed by atoms with Crippen molar-refractivity contribution in [3.63, 3.8) is 0 Å². The maximum atomic E-state index is 12.3. The van der Waals surface area contributed by atoms with Gasteiger partial charge in [0.25, 0.3) is 0 Å². The molecule has 1 aromatic carbocycles. The van der Waals surface area contributed by atoms with Crippen LogP contribution in [0.1, 0.15) is 18.1 Å². The Morgan fingerprint density at radius 3 is 2.50 bits per heavy atom. The molecular weight excluding hydrogens is 217 g/mol. The van der Waals surface area contributed by atoms with Crippen molar-refractivity contribution in [3.8, 4) is 6.07 Å².